The molecule has 0 rings (SSSR count). The molecule has 0 bridgehead atoms. The van der Waals surface area contributed by atoms with Crippen molar-refractivity contribution in [1.29, 1.82) is 0 Å². The summed E-state index contributed by atoms with van der Waals surface area (Å²) in [4.78, 5) is 11.1. The number of carbonyl (C=O) groups is 1. The fourth-order valence-electron chi connectivity index (χ4n) is 1.19. The maximum absolute atomic E-state index is 11.1. The molecule has 0 aliphatic heterocycles. The zero-order valence-corrected chi connectivity index (χ0v) is 11.4. The van der Waals surface area contributed by atoms with Gasteiger partial charge in [-0.2, -0.15) is 0 Å². The molecule has 0 radical (unpaired) electrons. The van der Waals surface area contributed by atoms with Gasteiger partial charge < -0.3 is 14.5 Å². The summed E-state index contributed by atoms with van der Waals surface area (Å²) in [6.07, 6.45) is 1.04. The highest BCUT2D eigenvalue weighted by molar-refractivity contribution is 6.71. The van der Waals surface area contributed by atoms with Crippen LogP contribution in [-0.4, -0.2) is 41.1 Å². The first-order valence-electron chi connectivity index (χ1n) is 5.29. The molecule has 0 saturated heterocycles. The molecule has 0 fully saturated rings. The second-order valence-corrected chi connectivity index (χ2v) is 8.69. The van der Waals surface area contributed by atoms with Crippen LogP contribution in [0.4, 0.5) is 0 Å². The molecule has 1 atom stereocenters. The van der Waals surface area contributed by atoms with E-state index < -0.39 is 8.32 Å². The van der Waals surface area contributed by atoms with Gasteiger partial charge in [-0.1, -0.05) is 0 Å². The van der Waals surface area contributed by atoms with E-state index in [4.69, 9.17) is 4.43 Å². The predicted octanol–water partition coefficient (Wildman–Crippen LogP) is 1.38. The van der Waals surface area contributed by atoms with Crippen molar-refractivity contribution in [2.45, 2.75) is 38.5 Å². The smallest absolute Gasteiger partial charge is 0.322 e. The summed E-state index contributed by atoms with van der Waals surface area (Å²) in [6, 6.07) is 0.882. The molecule has 4 nitrogen and oxygen atoms in total. The molecule has 5 heteroatoms. The molecule has 0 aromatic carbocycles. The molecule has 0 heterocycles. The molecule has 0 aromatic rings. The van der Waals surface area contributed by atoms with E-state index in [1.54, 1.807) is 7.11 Å². The van der Waals surface area contributed by atoms with Crippen molar-refractivity contribution in [2.24, 2.45) is 0 Å². The summed E-state index contributed by atoms with van der Waals surface area (Å²) in [6.45, 7) is 7.02. The highest BCUT2D eigenvalue weighted by atomic mass is 28.4. The van der Waals surface area contributed by atoms with Gasteiger partial charge in [-0.15, -0.1) is 0 Å². The maximum Gasteiger partial charge on any atom is 0.322 e. The molecule has 90 valence electrons. The molecule has 0 saturated carbocycles. The fourth-order valence-corrected chi connectivity index (χ4v) is 2.43. The van der Waals surface area contributed by atoms with Crippen molar-refractivity contribution >= 4 is 14.3 Å². The van der Waals surface area contributed by atoms with Gasteiger partial charge in [0.05, 0.1) is 7.11 Å². The maximum atomic E-state index is 11.1. The van der Waals surface area contributed by atoms with Gasteiger partial charge in [-0.05, 0) is 39.0 Å². The van der Waals surface area contributed by atoms with Gasteiger partial charge in [0.25, 0.3) is 0 Å². The number of nitrogens with one attached hydrogen (secondary N) is 1. The molecule has 0 amide bonds. The minimum Gasteiger partial charge on any atom is -0.468 e. The second-order valence-electron chi connectivity index (χ2n) is 4.27. The number of ether oxygens (including phenoxy) is 1. The van der Waals surface area contributed by atoms with Crippen LogP contribution in [0.3, 0.4) is 0 Å². The van der Waals surface area contributed by atoms with Crippen LogP contribution in [0.15, 0.2) is 0 Å². The van der Waals surface area contributed by atoms with Gasteiger partial charge in [-0.25, -0.2) is 0 Å². The van der Waals surface area contributed by atoms with Crippen LogP contribution < -0.4 is 5.32 Å². The van der Waals surface area contributed by atoms with E-state index in [-0.39, 0.29) is 12.0 Å². The lowest BCUT2D eigenvalue weighted by Gasteiger charge is -2.20. The molecular weight excluding hydrogens is 210 g/mol. The predicted molar refractivity (Wildman–Crippen MR) is 63.4 cm³/mol. The number of carbonyl (C=O) groups excluding carboxylic acids is 1. The van der Waals surface area contributed by atoms with Crippen molar-refractivity contribution in [3.05, 3.63) is 0 Å². The number of esters is 1. The highest BCUT2D eigenvalue weighted by Crippen LogP contribution is 2.11. The molecule has 0 aliphatic carbocycles. The van der Waals surface area contributed by atoms with Gasteiger partial charge in [0, 0.05) is 7.11 Å². The van der Waals surface area contributed by atoms with Crippen molar-refractivity contribution < 1.29 is 14.0 Å². The monoisotopic (exact) mass is 233 g/mol. The average Bonchev–Trinajstić information content (AvgIpc) is 2.22. The average molecular weight is 233 g/mol. The van der Waals surface area contributed by atoms with Gasteiger partial charge in [0.2, 0.25) is 0 Å². The summed E-state index contributed by atoms with van der Waals surface area (Å²) in [5.41, 5.74) is 0. The lowest BCUT2D eigenvalue weighted by atomic mass is 10.3. The number of rotatable bonds is 7. The molecule has 1 unspecified atom stereocenters. The Morgan fingerprint density at radius 2 is 2.00 bits per heavy atom. The first-order chi connectivity index (χ1) is 6.93. The van der Waals surface area contributed by atoms with Crippen molar-refractivity contribution in [1.82, 2.24) is 5.32 Å². The highest BCUT2D eigenvalue weighted by Gasteiger charge is 2.20. The lowest BCUT2D eigenvalue weighted by Crippen LogP contribution is -2.36. The van der Waals surface area contributed by atoms with Crippen LogP contribution in [0.1, 0.15) is 13.3 Å². The van der Waals surface area contributed by atoms with Crippen molar-refractivity contribution in [3.8, 4) is 0 Å². The Morgan fingerprint density at radius 1 is 1.40 bits per heavy atom. The van der Waals surface area contributed by atoms with Crippen LogP contribution in [0.5, 0.6) is 0 Å². The Hall–Kier alpha value is -0.393. The third-order valence-corrected chi connectivity index (χ3v) is 5.18. The van der Waals surface area contributed by atoms with E-state index in [9.17, 15) is 4.79 Å². The lowest BCUT2D eigenvalue weighted by molar-refractivity contribution is -0.142. The Kier molecular flexibility index (Phi) is 6.79. The molecular formula is C10H23NO3Si. The zero-order chi connectivity index (χ0) is 11.9. The summed E-state index contributed by atoms with van der Waals surface area (Å²) in [5.74, 6) is -0.210. The second kappa shape index (κ2) is 6.98. The van der Waals surface area contributed by atoms with Crippen molar-refractivity contribution in [3.63, 3.8) is 0 Å². The molecule has 1 N–H and O–H groups in total. The number of hydrogen-bond donors (Lipinski definition) is 1. The van der Waals surface area contributed by atoms with E-state index >= 15 is 0 Å². The van der Waals surface area contributed by atoms with Crippen LogP contribution in [-0.2, 0) is 14.0 Å². The third kappa shape index (κ3) is 6.65. The Bertz CT molecular complexity index is 197. The molecule has 0 aromatic heterocycles. The molecule has 0 spiro atoms. The Morgan fingerprint density at radius 3 is 2.47 bits per heavy atom. The minimum absolute atomic E-state index is 0.210. The van der Waals surface area contributed by atoms with Crippen LogP contribution in [0, 0.1) is 0 Å². The van der Waals surface area contributed by atoms with Gasteiger partial charge in [0.1, 0.15) is 6.04 Å². The topological polar surface area (TPSA) is 47.6 Å². The van der Waals surface area contributed by atoms with E-state index in [2.05, 4.69) is 23.1 Å². The Balaban J connectivity index is 3.59. The summed E-state index contributed by atoms with van der Waals surface area (Å²) in [5, 5.41) is 3.12. The Labute approximate surface area is 93.5 Å². The normalized spacial score (nSPS) is 13.7. The van der Waals surface area contributed by atoms with Gasteiger partial charge in [0.15, 0.2) is 8.32 Å². The van der Waals surface area contributed by atoms with E-state index in [1.807, 2.05) is 6.92 Å². The number of hydrogen-bond acceptors (Lipinski definition) is 4. The van der Waals surface area contributed by atoms with Crippen molar-refractivity contribution in [2.75, 3.05) is 20.8 Å². The zero-order valence-electron chi connectivity index (χ0n) is 10.4. The van der Waals surface area contributed by atoms with Crippen LogP contribution in [0.2, 0.25) is 19.1 Å². The first kappa shape index (κ1) is 14.6. The van der Waals surface area contributed by atoms with Crippen LogP contribution >= 0.6 is 0 Å². The molecule has 15 heavy (non-hydrogen) atoms. The quantitative estimate of drug-likeness (QED) is 0.410. The van der Waals surface area contributed by atoms with E-state index in [0.29, 0.717) is 0 Å². The summed E-state index contributed by atoms with van der Waals surface area (Å²) in [7, 11) is 1.74. The third-order valence-electron chi connectivity index (χ3n) is 2.51. The first-order valence-corrected chi connectivity index (χ1v) is 8.41. The summed E-state index contributed by atoms with van der Waals surface area (Å²) < 4.78 is 10.0. The van der Waals surface area contributed by atoms with E-state index in [0.717, 1.165) is 19.0 Å². The minimum atomic E-state index is -1.44. The number of methoxy groups -OCH3 is 1. The standard InChI is InChI=1S/C10H23NO3Si/c1-9(10(12)13-2)11-7-6-8-15(4,5)14-3/h9,11H,6-8H2,1-5H3. The molecule has 0 aliphatic rings. The SMILES string of the molecule is COC(=O)C(C)NCCC[Si](C)(C)OC. The van der Waals surface area contributed by atoms with Gasteiger partial charge >= 0.3 is 5.97 Å². The van der Waals surface area contributed by atoms with Crippen LogP contribution in [0.25, 0.3) is 0 Å². The summed E-state index contributed by atoms with van der Waals surface area (Å²) >= 11 is 0. The largest absolute Gasteiger partial charge is 0.468 e. The fraction of sp³-hybridized carbons (Fsp3) is 0.900. The van der Waals surface area contributed by atoms with E-state index in [1.165, 1.54) is 7.11 Å². The van der Waals surface area contributed by atoms with Gasteiger partial charge in [-0.3, -0.25) is 4.79 Å².